The summed E-state index contributed by atoms with van der Waals surface area (Å²) in [6.45, 7) is 3.96. The van der Waals surface area contributed by atoms with Crippen molar-refractivity contribution in [3.63, 3.8) is 0 Å². The SMILES string of the molecule is C=C/C=C(\C=C1/Oc2ccc(-c3ccc(-c4ccc5c(c4)-c4ccccc4-c4cc(-c6ccccc6)ccc4O5)cc3)cc2-c2ccccc21)c1ccccc1. The van der Waals surface area contributed by atoms with E-state index in [0.717, 1.165) is 95.3 Å². The third-order valence-electron chi connectivity index (χ3n) is 10.7. The second kappa shape index (κ2) is 14.1. The Bertz CT molecular complexity index is 2840. The highest BCUT2D eigenvalue weighted by molar-refractivity contribution is 5.95. The normalized spacial score (nSPS) is 13.1. The van der Waals surface area contributed by atoms with Crippen LogP contribution >= 0.6 is 0 Å². The molecule has 0 amide bonds. The van der Waals surface area contributed by atoms with Gasteiger partial charge in [-0.3, -0.25) is 0 Å². The Hall–Kier alpha value is -7.42. The lowest BCUT2D eigenvalue weighted by Gasteiger charge is -2.24. The maximum Gasteiger partial charge on any atom is 0.135 e. The molecule has 264 valence electrons. The highest BCUT2D eigenvalue weighted by atomic mass is 16.5. The fourth-order valence-electron chi connectivity index (χ4n) is 7.92. The zero-order valence-corrected chi connectivity index (χ0v) is 30.7. The summed E-state index contributed by atoms with van der Waals surface area (Å²) < 4.78 is 13.3. The van der Waals surface area contributed by atoms with Crippen LogP contribution in [0.5, 0.6) is 17.2 Å². The van der Waals surface area contributed by atoms with Crippen molar-refractivity contribution in [3.05, 3.63) is 224 Å². The summed E-state index contributed by atoms with van der Waals surface area (Å²) in [5, 5.41) is 0. The number of ether oxygens (including phenoxy) is 2. The first-order valence-electron chi connectivity index (χ1n) is 18.9. The van der Waals surface area contributed by atoms with Crippen LogP contribution in [0, 0.1) is 0 Å². The monoisotopic (exact) mass is 716 g/mol. The Balaban J connectivity index is 0.964. The van der Waals surface area contributed by atoms with Gasteiger partial charge in [0.2, 0.25) is 0 Å². The molecule has 8 aromatic carbocycles. The van der Waals surface area contributed by atoms with Gasteiger partial charge in [0.05, 0.1) is 0 Å². The lowest BCUT2D eigenvalue weighted by atomic mass is 9.90. The Morgan fingerprint density at radius 3 is 1.25 bits per heavy atom. The first-order valence-corrected chi connectivity index (χ1v) is 18.9. The van der Waals surface area contributed by atoms with Gasteiger partial charge in [0, 0.05) is 22.3 Å². The summed E-state index contributed by atoms with van der Waals surface area (Å²) in [6, 6.07) is 66.3. The van der Waals surface area contributed by atoms with Crippen LogP contribution in [0.1, 0.15) is 11.1 Å². The van der Waals surface area contributed by atoms with E-state index in [2.05, 4.69) is 183 Å². The minimum atomic E-state index is 0.816. The van der Waals surface area contributed by atoms with E-state index in [1.807, 2.05) is 30.4 Å². The number of fused-ring (bicyclic) bond motifs is 8. The lowest BCUT2D eigenvalue weighted by Crippen LogP contribution is -2.05. The molecule has 0 unspecified atom stereocenters. The van der Waals surface area contributed by atoms with Gasteiger partial charge in [-0.25, -0.2) is 0 Å². The van der Waals surface area contributed by atoms with Crippen LogP contribution in [0.4, 0.5) is 0 Å². The van der Waals surface area contributed by atoms with Gasteiger partial charge in [-0.2, -0.15) is 0 Å². The van der Waals surface area contributed by atoms with Gasteiger partial charge in [0.15, 0.2) is 0 Å². The van der Waals surface area contributed by atoms with Gasteiger partial charge in [0.1, 0.15) is 23.0 Å². The Morgan fingerprint density at radius 1 is 0.357 bits per heavy atom. The molecule has 0 aromatic heterocycles. The van der Waals surface area contributed by atoms with Gasteiger partial charge < -0.3 is 9.47 Å². The number of rotatable bonds is 6. The predicted octanol–water partition coefficient (Wildman–Crippen LogP) is 14.8. The molecule has 8 aromatic rings. The highest BCUT2D eigenvalue weighted by Crippen LogP contribution is 2.49. The minimum Gasteiger partial charge on any atom is -0.456 e. The summed E-state index contributed by atoms with van der Waals surface area (Å²) >= 11 is 0. The van der Waals surface area contributed by atoms with E-state index in [0.29, 0.717) is 0 Å². The van der Waals surface area contributed by atoms with Crippen molar-refractivity contribution in [2.45, 2.75) is 0 Å². The van der Waals surface area contributed by atoms with E-state index in [4.69, 9.17) is 9.47 Å². The van der Waals surface area contributed by atoms with Crippen molar-refractivity contribution < 1.29 is 9.47 Å². The molecule has 0 saturated carbocycles. The van der Waals surface area contributed by atoms with Crippen LogP contribution in [0.15, 0.2) is 213 Å². The number of allylic oxidation sites excluding steroid dienone is 4. The minimum absolute atomic E-state index is 0.816. The third-order valence-corrected chi connectivity index (χ3v) is 10.7. The first kappa shape index (κ1) is 33.2. The Morgan fingerprint density at radius 2 is 0.750 bits per heavy atom. The summed E-state index contributed by atoms with van der Waals surface area (Å²) in [5.74, 6) is 3.37. The smallest absolute Gasteiger partial charge is 0.135 e. The van der Waals surface area contributed by atoms with Crippen molar-refractivity contribution in [1.29, 1.82) is 0 Å². The van der Waals surface area contributed by atoms with Gasteiger partial charge in [-0.1, -0.05) is 170 Å². The zero-order valence-electron chi connectivity index (χ0n) is 30.7. The second-order valence-corrected chi connectivity index (χ2v) is 14.1. The Kier molecular flexibility index (Phi) is 8.35. The van der Waals surface area contributed by atoms with Crippen molar-refractivity contribution in [1.82, 2.24) is 0 Å². The number of benzene rings is 8. The molecule has 0 spiro atoms. The quantitative estimate of drug-likeness (QED) is 0.160. The summed E-state index contributed by atoms with van der Waals surface area (Å²) in [6.07, 6.45) is 5.95. The second-order valence-electron chi connectivity index (χ2n) is 14.1. The van der Waals surface area contributed by atoms with Crippen LogP contribution < -0.4 is 9.47 Å². The lowest BCUT2D eigenvalue weighted by molar-refractivity contribution is 0.488. The van der Waals surface area contributed by atoms with E-state index < -0.39 is 0 Å². The van der Waals surface area contributed by atoms with Gasteiger partial charge in [-0.05, 0) is 104 Å². The molecule has 2 aliphatic rings. The predicted molar refractivity (Wildman–Crippen MR) is 232 cm³/mol. The number of hydrogen-bond acceptors (Lipinski definition) is 2. The van der Waals surface area contributed by atoms with Crippen LogP contribution in [-0.2, 0) is 0 Å². The van der Waals surface area contributed by atoms with E-state index in [1.165, 1.54) is 11.1 Å². The molecule has 0 bridgehead atoms. The van der Waals surface area contributed by atoms with Crippen LogP contribution in [0.25, 0.3) is 78.1 Å². The van der Waals surface area contributed by atoms with Crippen molar-refractivity contribution in [2.24, 2.45) is 0 Å². The fraction of sp³-hybridized carbons (Fsp3) is 0. The van der Waals surface area contributed by atoms with Crippen LogP contribution in [0.3, 0.4) is 0 Å². The molecule has 2 heterocycles. The molecule has 0 fully saturated rings. The third kappa shape index (κ3) is 6.04. The number of hydrogen-bond donors (Lipinski definition) is 0. The molecule has 0 saturated heterocycles. The zero-order chi connectivity index (χ0) is 37.4. The van der Waals surface area contributed by atoms with Gasteiger partial charge in [-0.15, -0.1) is 0 Å². The topological polar surface area (TPSA) is 18.5 Å². The maximum absolute atomic E-state index is 6.65. The Labute approximate surface area is 327 Å². The molecular formula is C54H36O2. The molecule has 0 atom stereocenters. The van der Waals surface area contributed by atoms with Crippen LogP contribution in [0.2, 0.25) is 0 Å². The molecule has 2 heteroatoms. The van der Waals surface area contributed by atoms with Gasteiger partial charge in [0.25, 0.3) is 0 Å². The van der Waals surface area contributed by atoms with E-state index in [9.17, 15) is 0 Å². The first-order chi connectivity index (χ1) is 27.7. The van der Waals surface area contributed by atoms with Crippen molar-refractivity contribution in [2.75, 3.05) is 0 Å². The summed E-state index contributed by atoms with van der Waals surface area (Å²) in [4.78, 5) is 0. The summed E-state index contributed by atoms with van der Waals surface area (Å²) in [7, 11) is 0. The fourth-order valence-corrected chi connectivity index (χ4v) is 7.92. The van der Waals surface area contributed by atoms with E-state index >= 15 is 0 Å². The van der Waals surface area contributed by atoms with Crippen molar-refractivity contribution >= 4 is 11.3 Å². The molecule has 10 rings (SSSR count). The molecule has 2 nitrogen and oxygen atoms in total. The molecule has 0 aliphatic carbocycles. The van der Waals surface area contributed by atoms with E-state index in [1.54, 1.807) is 0 Å². The maximum atomic E-state index is 6.65. The molecular weight excluding hydrogens is 681 g/mol. The standard InChI is InChI=1S/C54H36O2/c1-2-13-40(36-14-5-3-6-15-36)35-54-47-21-12-11-20-46(47)50-34-43(28-31-53(50)56-54)39-24-22-38(23-25-39)42-27-30-52-49(33-42)45-19-10-9-18-44(45)48-32-41(26-29-51(48)55-52)37-16-7-4-8-17-37/h2-35H,1H2/b40-13+,54-35-. The highest BCUT2D eigenvalue weighted by Gasteiger charge is 2.24. The summed E-state index contributed by atoms with van der Waals surface area (Å²) in [5.41, 5.74) is 16.8. The molecule has 0 N–H and O–H groups in total. The van der Waals surface area contributed by atoms with E-state index in [-0.39, 0.29) is 0 Å². The van der Waals surface area contributed by atoms with Crippen LogP contribution in [-0.4, -0.2) is 0 Å². The average molecular weight is 717 g/mol. The van der Waals surface area contributed by atoms with Gasteiger partial charge >= 0.3 is 0 Å². The van der Waals surface area contributed by atoms with Crippen molar-refractivity contribution in [3.8, 4) is 84.0 Å². The largest absolute Gasteiger partial charge is 0.456 e. The average Bonchev–Trinajstić information content (AvgIpc) is 3.41. The molecule has 56 heavy (non-hydrogen) atoms. The molecule has 2 aliphatic heterocycles. The molecule has 0 radical (unpaired) electrons.